The largest absolute Gasteiger partial charge is 0.355 e. The van der Waals surface area contributed by atoms with Crippen molar-refractivity contribution >= 4 is 27.5 Å². The van der Waals surface area contributed by atoms with Crippen molar-refractivity contribution in [2.75, 3.05) is 6.54 Å². The Morgan fingerprint density at radius 2 is 2.10 bits per heavy atom. The Labute approximate surface area is 121 Å². The molecule has 1 aromatic rings. The molecule has 0 unspecified atom stereocenters. The minimum absolute atomic E-state index is 0.216. The maximum Gasteiger partial charge on any atom is 0.242 e. The Bertz CT molecular complexity index is 621. The summed E-state index contributed by atoms with van der Waals surface area (Å²) in [6.45, 7) is 0.536. The smallest absolute Gasteiger partial charge is 0.242 e. The molecular weight excluding hydrogens is 307 g/mol. The molecule has 0 spiro atoms. The molecule has 20 heavy (non-hydrogen) atoms. The molecule has 0 aliphatic carbocycles. The number of benzene rings is 1. The van der Waals surface area contributed by atoms with Gasteiger partial charge in [0, 0.05) is 6.54 Å². The molecule has 1 aliphatic heterocycles. The summed E-state index contributed by atoms with van der Waals surface area (Å²) in [4.78, 5) is 11.5. The Kier molecular flexibility index (Phi) is 4.62. The maximum atomic E-state index is 12.9. The second-order valence-corrected chi connectivity index (χ2v) is 6.63. The number of rotatable bonds is 3. The van der Waals surface area contributed by atoms with Crippen molar-refractivity contribution in [3.63, 3.8) is 0 Å². The molecule has 0 bridgehead atoms. The fraction of sp³-hybridized carbons (Fsp3) is 0.417. The number of carbonyl (C=O) groups excluding carboxylic acids is 1. The summed E-state index contributed by atoms with van der Waals surface area (Å²) in [5, 5.41) is 2.42. The third kappa shape index (κ3) is 3.47. The molecule has 0 saturated carbocycles. The van der Waals surface area contributed by atoms with Crippen molar-refractivity contribution in [3.8, 4) is 0 Å². The average Bonchev–Trinajstić information content (AvgIpc) is 2.54. The van der Waals surface area contributed by atoms with E-state index in [1.54, 1.807) is 0 Å². The van der Waals surface area contributed by atoms with Gasteiger partial charge in [0.25, 0.3) is 0 Å². The molecule has 1 saturated heterocycles. The van der Waals surface area contributed by atoms with Crippen LogP contribution in [0.15, 0.2) is 23.1 Å². The van der Waals surface area contributed by atoms with E-state index in [2.05, 4.69) is 10.0 Å². The van der Waals surface area contributed by atoms with E-state index in [0.717, 1.165) is 31.0 Å². The van der Waals surface area contributed by atoms with Crippen LogP contribution >= 0.6 is 11.6 Å². The zero-order valence-electron chi connectivity index (χ0n) is 10.5. The molecule has 5 nitrogen and oxygen atoms in total. The first-order valence-electron chi connectivity index (χ1n) is 6.15. The quantitative estimate of drug-likeness (QED) is 0.884. The average molecular weight is 321 g/mol. The topological polar surface area (TPSA) is 75.3 Å². The predicted molar refractivity (Wildman–Crippen MR) is 72.4 cm³/mol. The molecule has 1 aliphatic rings. The molecule has 2 N–H and O–H groups in total. The summed E-state index contributed by atoms with van der Waals surface area (Å²) in [6.07, 6.45) is 1.97. The SMILES string of the molecule is O=C1NCCCC[C@H]1NS(=O)(=O)c1ccc(F)cc1Cl. The highest BCUT2D eigenvalue weighted by molar-refractivity contribution is 7.89. The highest BCUT2D eigenvalue weighted by Crippen LogP contribution is 2.22. The van der Waals surface area contributed by atoms with Crippen LogP contribution in [-0.2, 0) is 14.8 Å². The van der Waals surface area contributed by atoms with Gasteiger partial charge in [0.15, 0.2) is 0 Å². The van der Waals surface area contributed by atoms with Gasteiger partial charge in [-0.05, 0) is 37.5 Å². The summed E-state index contributed by atoms with van der Waals surface area (Å²) < 4.78 is 39.6. The fourth-order valence-corrected chi connectivity index (χ4v) is 3.76. The summed E-state index contributed by atoms with van der Waals surface area (Å²) in [6, 6.07) is 2.18. The van der Waals surface area contributed by atoms with Gasteiger partial charge in [-0.25, -0.2) is 12.8 Å². The van der Waals surface area contributed by atoms with E-state index in [4.69, 9.17) is 11.6 Å². The highest BCUT2D eigenvalue weighted by Gasteiger charge is 2.28. The van der Waals surface area contributed by atoms with Crippen molar-refractivity contribution in [3.05, 3.63) is 29.0 Å². The van der Waals surface area contributed by atoms with E-state index in [-0.39, 0.29) is 15.8 Å². The Morgan fingerprint density at radius 3 is 2.80 bits per heavy atom. The van der Waals surface area contributed by atoms with Crippen LogP contribution in [-0.4, -0.2) is 26.9 Å². The van der Waals surface area contributed by atoms with Gasteiger partial charge in [-0.1, -0.05) is 11.6 Å². The molecule has 1 amide bonds. The van der Waals surface area contributed by atoms with E-state index in [0.29, 0.717) is 13.0 Å². The molecule has 0 radical (unpaired) electrons. The highest BCUT2D eigenvalue weighted by atomic mass is 35.5. The standard InChI is InChI=1S/C12H14ClFN2O3S/c13-9-7-8(14)4-5-11(9)20(18,19)16-10-3-1-2-6-15-12(10)17/h4-5,7,10,16H,1-3,6H2,(H,15,17)/t10-/m1/s1. The number of hydrogen-bond acceptors (Lipinski definition) is 3. The van der Waals surface area contributed by atoms with E-state index in [9.17, 15) is 17.6 Å². The molecule has 8 heteroatoms. The van der Waals surface area contributed by atoms with Gasteiger partial charge in [-0.2, -0.15) is 4.72 Å². The van der Waals surface area contributed by atoms with Gasteiger partial charge >= 0.3 is 0 Å². The summed E-state index contributed by atoms with van der Waals surface area (Å²) in [7, 11) is -3.97. The lowest BCUT2D eigenvalue weighted by Gasteiger charge is -2.16. The summed E-state index contributed by atoms with van der Waals surface area (Å²) in [5.41, 5.74) is 0. The third-order valence-electron chi connectivity index (χ3n) is 3.02. The summed E-state index contributed by atoms with van der Waals surface area (Å²) >= 11 is 5.74. The minimum Gasteiger partial charge on any atom is -0.355 e. The van der Waals surface area contributed by atoms with Crippen LogP contribution in [0.3, 0.4) is 0 Å². The Morgan fingerprint density at radius 1 is 1.35 bits per heavy atom. The second kappa shape index (κ2) is 6.07. The molecule has 1 atom stereocenters. The fourth-order valence-electron chi connectivity index (χ4n) is 2.00. The normalized spacial score (nSPS) is 20.3. The molecule has 1 fully saturated rings. The summed E-state index contributed by atoms with van der Waals surface area (Å²) in [5.74, 6) is -0.981. The first kappa shape index (κ1) is 15.2. The minimum atomic E-state index is -3.97. The lowest BCUT2D eigenvalue weighted by atomic mass is 10.1. The van der Waals surface area contributed by atoms with Gasteiger partial charge in [-0.15, -0.1) is 0 Å². The van der Waals surface area contributed by atoms with Crippen LogP contribution in [0.4, 0.5) is 4.39 Å². The molecule has 2 rings (SSSR count). The van der Waals surface area contributed by atoms with Gasteiger partial charge in [-0.3, -0.25) is 4.79 Å². The zero-order valence-corrected chi connectivity index (χ0v) is 12.1. The van der Waals surface area contributed by atoms with Crippen LogP contribution < -0.4 is 10.0 Å². The first-order valence-corrected chi connectivity index (χ1v) is 8.01. The number of hydrogen-bond donors (Lipinski definition) is 2. The molecule has 0 aromatic heterocycles. The predicted octanol–water partition coefficient (Wildman–Crippen LogP) is 1.43. The second-order valence-electron chi connectivity index (χ2n) is 4.54. The zero-order chi connectivity index (χ0) is 14.8. The number of sulfonamides is 1. The van der Waals surface area contributed by atoms with Crippen molar-refractivity contribution in [1.29, 1.82) is 0 Å². The molecular formula is C12H14ClFN2O3S. The molecule has 1 heterocycles. The van der Waals surface area contributed by atoms with Gasteiger partial charge in [0.1, 0.15) is 16.8 Å². The van der Waals surface area contributed by atoms with Crippen molar-refractivity contribution < 1.29 is 17.6 Å². The van der Waals surface area contributed by atoms with Gasteiger partial charge in [0.05, 0.1) is 5.02 Å². The number of nitrogens with one attached hydrogen (secondary N) is 2. The van der Waals surface area contributed by atoms with Crippen LogP contribution in [0.5, 0.6) is 0 Å². The van der Waals surface area contributed by atoms with E-state index in [1.165, 1.54) is 0 Å². The first-order chi connectivity index (χ1) is 9.40. The molecule has 1 aromatic carbocycles. The number of amides is 1. The number of halogens is 2. The Hall–Kier alpha value is -1.18. The Balaban J connectivity index is 2.24. The molecule has 110 valence electrons. The van der Waals surface area contributed by atoms with E-state index < -0.39 is 21.9 Å². The van der Waals surface area contributed by atoms with E-state index >= 15 is 0 Å². The van der Waals surface area contributed by atoms with Crippen molar-refractivity contribution in [1.82, 2.24) is 10.0 Å². The van der Waals surface area contributed by atoms with Crippen LogP contribution in [0.1, 0.15) is 19.3 Å². The van der Waals surface area contributed by atoms with Crippen LogP contribution in [0, 0.1) is 5.82 Å². The lowest BCUT2D eigenvalue weighted by Crippen LogP contribution is -2.45. The van der Waals surface area contributed by atoms with Crippen molar-refractivity contribution in [2.45, 2.75) is 30.2 Å². The van der Waals surface area contributed by atoms with Crippen LogP contribution in [0.25, 0.3) is 0 Å². The van der Waals surface area contributed by atoms with E-state index in [1.807, 2.05) is 0 Å². The lowest BCUT2D eigenvalue weighted by molar-refractivity contribution is -0.122. The van der Waals surface area contributed by atoms with Gasteiger partial charge in [0.2, 0.25) is 15.9 Å². The monoisotopic (exact) mass is 320 g/mol. The van der Waals surface area contributed by atoms with Crippen LogP contribution in [0.2, 0.25) is 5.02 Å². The van der Waals surface area contributed by atoms with Crippen molar-refractivity contribution in [2.24, 2.45) is 0 Å². The maximum absolute atomic E-state index is 12.9. The third-order valence-corrected chi connectivity index (χ3v) is 4.97. The number of carbonyl (C=O) groups is 1. The van der Waals surface area contributed by atoms with Gasteiger partial charge < -0.3 is 5.32 Å².